The van der Waals surface area contributed by atoms with Gasteiger partial charge in [0.15, 0.2) is 11.5 Å². The number of amides is 1. The molecule has 41 heavy (non-hydrogen) atoms. The van der Waals surface area contributed by atoms with Crippen LogP contribution in [0, 0.1) is 0 Å². The van der Waals surface area contributed by atoms with E-state index < -0.39 is 33.2 Å². The van der Waals surface area contributed by atoms with Gasteiger partial charge in [0, 0.05) is 19.2 Å². The third-order valence-corrected chi connectivity index (χ3v) is 11.9. The fourth-order valence-corrected chi connectivity index (χ4v) is 9.81. The Morgan fingerprint density at radius 2 is 1.78 bits per heavy atom. The summed E-state index contributed by atoms with van der Waals surface area (Å²) in [4.78, 5) is 15.5. The van der Waals surface area contributed by atoms with Crippen LogP contribution in [-0.4, -0.2) is 73.1 Å². The summed E-state index contributed by atoms with van der Waals surface area (Å²) in [5, 5.41) is 12.8. The molecule has 214 valence electrons. The molecule has 9 heteroatoms. The number of carbonyl (C=O) groups is 1. The number of hydrogen-bond donors (Lipinski definition) is 1. The molecule has 2 aliphatic carbocycles. The smallest absolute Gasteiger partial charge is 0.243 e. The number of methoxy groups -OCH3 is 1. The standard InChI is InChI=1S/C32H34N2O6S/c1-33(27(35)19-21-9-5-3-6-10-21)24-15-16-32(36)26-20-22-13-14-25(39-2)29-28(22)31(32,30(24)40-29)17-18-34(26)41(37,38)23-11-7-4-8-12-23/h3-14,24,26,30,36H,15-20H2,1-2H3/t24-,26-,30+,31+,32-/m1/s1. The lowest BCUT2D eigenvalue weighted by Gasteiger charge is -2.64. The van der Waals surface area contributed by atoms with Gasteiger partial charge in [-0.1, -0.05) is 54.6 Å². The average molecular weight is 575 g/mol. The number of benzene rings is 3. The molecule has 3 aromatic carbocycles. The number of sulfonamides is 1. The van der Waals surface area contributed by atoms with Crippen molar-refractivity contribution in [1.82, 2.24) is 9.21 Å². The van der Waals surface area contributed by atoms with Crippen molar-refractivity contribution >= 4 is 15.9 Å². The molecule has 1 spiro atoms. The summed E-state index contributed by atoms with van der Waals surface area (Å²) >= 11 is 0. The minimum Gasteiger partial charge on any atom is -0.493 e. The summed E-state index contributed by atoms with van der Waals surface area (Å²) in [6.07, 6.45) is 1.32. The zero-order valence-electron chi connectivity index (χ0n) is 23.2. The van der Waals surface area contributed by atoms with Crippen LogP contribution in [-0.2, 0) is 33.1 Å². The number of aliphatic hydroxyl groups is 1. The third kappa shape index (κ3) is 3.58. The molecule has 2 heterocycles. The third-order valence-electron chi connectivity index (χ3n) is 10.0. The van der Waals surface area contributed by atoms with Gasteiger partial charge in [-0.2, -0.15) is 4.31 Å². The van der Waals surface area contributed by atoms with Gasteiger partial charge < -0.3 is 19.5 Å². The molecule has 1 amide bonds. The Kier molecular flexibility index (Phi) is 6.01. The van der Waals surface area contributed by atoms with Crippen molar-refractivity contribution in [2.45, 2.75) is 66.2 Å². The molecule has 0 aromatic heterocycles. The molecule has 1 saturated heterocycles. The number of rotatable bonds is 6. The van der Waals surface area contributed by atoms with E-state index in [0.717, 1.165) is 16.7 Å². The summed E-state index contributed by atoms with van der Waals surface area (Å²) < 4.78 is 41.9. The first-order valence-corrected chi connectivity index (χ1v) is 15.6. The second-order valence-corrected chi connectivity index (χ2v) is 13.6. The van der Waals surface area contributed by atoms with E-state index >= 15 is 0 Å². The molecule has 2 fully saturated rings. The van der Waals surface area contributed by atoms with E-state index in [-0.39, 0.29) is 29.8 Å². The highest BCUT2D eigenvalue weighted by Gasteiger charge is 2.74. The van der Waals surface area contributed by atoms with E-state index in [0.29, 0.717) is 37.2 Å². The molecule has 0 unspecified atom stereocenters. The predicted molar refractivity (Wildman–Crippen MR) is 152 cm³/mol. The van der Waals surface area contributed by atoms with Crippen molar-refractivity contribution in [3.8, 4) is 11.5 Å². The van der Waals surface area contributed by atoms with Crippen LogP contribution >= 0.6 is 0 Å². The van der Waals surface area contributed by atoms with Crippen molar-refractivity contribution in [2.24, 2.45) is 0 Å². The van der Waals surface area contributed by atoms with Gasteiger partial charge in [-0.05, 0) is 55.0 Å². The van der Waals surface area contributed by atoms with Gasteiger partial charge in [0.1, 0.15) is 6.10 Å². The van der Waals surface area contributed by atoms with Crippen molar-refractivity contribution in [3.05, 3.63) is 89.5 Å². The lowest BCUT2D eigenvalue weighted by atomic mass is 9.48. The second-order valence-electron chi connectivity index (χ2n) is 11.7. The van der Waals surface area contributed by atoms with Crippen LogP contribution in [0.1, 0.15) is 36.0 Å². The Bertz CT molecular complexity index is 1610. The first-order valence-electron chi connectivity index (χ1n) is 14.2. The number of hydrogen-bond acceptors (Lipinski definition) is 6. The average Bonchev–Trinajstić information content (AvgIpc) is 3.33. The number of carbonyl (C=O) groups excluding carboxylic acids is 1. The van der Waals surface area contributed by atoms with Crippen LogP contribution in [0.4, 0.5) is 0 Å². The number of ether oxygens (including phenoxy) is 2. The molecule has 2 aliphatic heterocycles. The Hall–Kier alpha value is -3.40. The number of likely N-dealkylation sites (N-methyl/N-ethyl adjacent to an activating group) is 1. The molecule has 0 radical (unpaired) electrons. The predicted octanol–water partition coefficient (Wildman–Crippen LogP) is 3.31. The summed E-state index contributed by atoms with van der Waals surface area (Å²) in [5.41, 5.74) is 0.576. The van der Waals surface area contributed by atoms with Crippen molar-refractivity contribution in [2.75, 3.05) is 20.7 Å². The zero-order chi connectivity index (χ0) is 28.6. The molecule has 2 bridgehead atoms. The van der Waals surface area contributed by atoms with E-state index in [9.17, 15) is 18.3 Å². The minimum absolute atomic E-state index is 0.0220. The highest BCUT2D eigenvalue weighted by Crippen LogP contribution is 2.66. The topological polar surface area (TPSA) is 96.4 Å². The van der Waals surface area contributed by atoms with E-state index in [4.69, 9.17) is 9.47 Å². The molecule has 1 N–H and O–H groups in total. The van der Waals surface area contributed by atoms with Crippen LogP contribution < -0.4 is 9.47 Å². The first kappa shape index (κ1) is 26.5. The zero-order valence-corrected chi connectivity index (χ0v) is 24.0. The van der Waals surface area contributed by atoms with Gasteiger partial charge in [0.25, 0.3) is 0 Å². The molecule has 7 rings (SSSR count). The van der Waals surface area contributed by atoms with Crippen molar-refractivity contribution in [3.63, 3.8) is 0 Å². The van der Waals surface area contributed by atoms with E-state index in [1.165, 1.54) is 4.31 Å². The summed E-state index contributed by atoms with van der Waals surface area (Å²) in [6, 6.07) is 21.0. The molecule has 5 atom stereocenters. The second kappa shape index (κ2) is 9.31. The Morgan fingerprint density at radius 1 is 1.07 bits per heavy atom. The summed E-state index contributed by atoms with van der Waals surface area (Å²) in [5.74, 6) is 1.18. The van der Waals surface area contributed by atoms with E-state index in [1.807, 2.05) is 49.5 Å². The van der Waals surface area contributed by atoms with Gasteiger partial charge in [-0.25, -0.2) is 8.42 Å². The largest absolute Gasteiger partial charge is 0.493 e. The molecule has 4 aliphatic rings. The quantitative estimate of drug-likeness (QED) is 0.486. The lowest BCUT2D eigenvalue weighted by Crippen LogP contribution is -2.78. The van der Waals surface area contributed by atoms with Gasteiger partial charge >= 0.3 is 0 Å². The Balaban J connectivity index is 1.32. The number of nitrogens with zero attached hydrogens (tertiary/aromatic N) is 2. The number of piperidine rings is 1. The Labute approximate surface area is 240 Å². The molecular formula is C32H34N2O6S. The normalized spacial score (nSPS) is 29.8. The highest BCUT2D eigenvalue weighted by molar-refractivity contribution is 7.89. The van der Waals surface area contributed by atoms with Crippen LogP contribution in [0.15, 0.2) is 77.7 Å². The van der Waals surface area contributed by atoms with Crippen LogP contribution in [0.2, 0.25) is 0 Å². The van der Waals surface area contributed by atoms with Gasteiger partial charge in [0.05, 0.1) is 41.5 Å². The van der Waals surface area contributed by atoms with Crippen LogP contribution in [0.5, 0.6) is 11.5 Å². The SMILES string of the molecule is COc1ccc2c3c1O[C@H]1[C@H](N(C)C(=O)Cc4ccccc4)CC[C@@]4(O)[C@@H](C2)N(S(=O)(=O)c2ccccc2)CC[C@]314. The van der Waals surface area contributed by atoms with Crippen molar-refractivity contribution in [1.29, 1.82) is 0 Å². The molecule has 8 nitrogen and oxygen atoms in total. The van der Waals surface area contributed by atoms with E-state index in [2.05, 4.69) is 0 Å². The monoisotopic (exact) mass is 574 g/mol. The fraction of sp³-hybridized carbons (Fsp3) is 0.406. The molecule has 1 saturated carbocycles. The minimum atomic E-state index is -3.86. The molecule has 3 aromatic rings. The van der Waals surface area contributed by atoms with Crippen molar-refractivity contribution < 1.29 is 27.8 Å². The van der Waals surface area contributed by atoms with Gasteiger partial charge in [-0.3, -0.25) is 4.79 Å². The molecular weight excluding hydrogens is 540 g/mol. The maximum Gasteiger partial charge on any atom is 0.243 e. The Morgan fingerprint density at radius 3 is 2.49 bits per heavy atom. The highest BCUT2D eigenvalue weighted by atomic mass is 32.2. The first-order chi connectivity index (χ1) is 19.7. The fourth-order valence-electron chi connectivity index (χ4n) is 8.12. The summed E-state index contributed by atoms with van der Waals surface area (Å²) in [6.45, 7) is 0.245. The van der Waals surface area contributed by atoms with Crippen LogP contribution in [0.3, 0.4) is 0 Å². The van der Waals surface area contributed by atoms with Crippen LogP contribution in [0.25, 0.3) is 0 Å². The van der Waals surface area contributed by atoms with Gasteiger partial charge in [-0.15, -0.1) is 0 Å². The van der Waals surface area contributed by atoms with Gasteiger partial charge in [0.2, 0.25) is 15.9 Å². The lowest BCUT2D eigenvalue weighted by molar-refractivity contribution is -0.187. The summed E-state index contributed by atoms with van der Waals surface area (Å²) in [7, 11) is -0.441. The maximum absolute atomic E-state index is 14.0. The maximum atomic E-state index is 14.0. The van der Waals surface area contributed by atoms with E-state index in [1.54, 1.807) is 42.3 Å².